The zero-order chi connectivity index (χ0) is 13.5. The number of hydrogen-bond donors (Lipinski definition) is 0. The van der Waals surface area contributed by atoms with Gasteiger partial charge in [-0.15, -0.1) is 10.2 Å². The lowest BCUT2D eigenvalue weighted by molar-refractivity contribution is 0.676. The second kappa shape index (κ2) is 6.76. The summed E-state index contributed by atoms with van der Waals surface area (Å²) < 4.78 is 2.00. The molecule has 2 rings (SSSR count). The van der Waals surface area contributed by atoms with Crippen molar-refractivity contribution in [2.75, 3.05) is 5.75 Å². The fourth-order valence-electron chi connectivity index (χ4n) is 1.66. The van der Waals surface area contributed by atoms with Crippen LogP contribution in [0, 0.1) is 11.3 Å². The fraction of sp³-hybridized carbons (Fsp3) is 0.214. The Hall–Kier alpha value is -2.06. The lowest BCUT2D eigenvalue weighted by atomic mass is 10.2. The van der Waals surface area contributed by atoms with Crippen LogP contribution in [0.5, 0.6) is 0 Å². The third kappa shape index (κ3) is 3.46. The quantitative estimate of drug-likeness (QED) is 0.783. The van der Waals surface area contributed by atoms with Gasteiger partial charge < -0.3 is 4.57 Å². The molecule has 0 N–H and O–H groups in total. The predicted molar refractivity (Wildman–Crippen MR) is 77.4 cm³/mol. The molecular formula is C14H14N4S. The van der Waals surface area contributed by atoms with Crippen molar-refractivity contribution in [3.8, 4) is 6.07 Å². The zero-order valence-corrected chi connectivity index (χ0v) is 11.5. The summed E-state index contributed by atoms with van der Waals surface area (Å²) in [6, 6.07) is 12.2. The van der Waals surface area contributed by atoms with Gasteiger partial charge in [-0.3, -0.25) is 0 Å². The average Bonchev–Trinajstić information content (AvgIpc) is 2.86. The van der Waals surface area contributed by atoms with Crippen molar-refractivity contribution in [2.24, 2.45) is 0 Å². The van der Waals surface area contributed by atoms with Crippen LogP contribution in [0.2, 0.25) is 0 Å². The van der Waals surface area contributed by atoms with Gasteiger partial charge in [0.25, 0.3) is 0 Å². The van der Waals surface area contributed by atoms with Crippen LogP contribution in [-0.2, 0) is 6.54 Å². The van der Waals surface area contributed by atoms with E-state index < -0.39 is 0 Å². The van der Waals surface area contributed by atoms with Crippen LogP contribution in [0.4, 0.5) is 0 Å². The number of nitrogens with zero attached hydrogens (tertiary/aromatic N) is 4. The van der Waals surface area contributed by atoms with Crippen LogP contribution in [0.1, 0.15) is 18.3 Å². The number of benzene rings is 1. The monoisotopic (exact) mass is 270 g/mol. The number of rotatable bonds is 5. The fourth-order valence-corrected chi connectivity index (χ4v) is 2.33. The molecular weight excluding hydrogens is 256 g/mol. The van der Waals surface area contributed by atoms with Gasteiger partial charge in [0.15, 0.2) is 11.0 Å². The van der Waals surface area contributed by atoms with Gasteiger partial charge >= 0.3 is 0 Å². The van der Waals surface area contributed by atoms with Gasteiger partial charge in [-0.2, -0.15) is 5.26 Å². The Labute approximate surface area is 116 Å². The molecule has 0 aliphatic heterocycles. The van der Waals surface area contributed by atoms with Gasteiger partial charge in [0.1, 0.15) is 0 Å². The summed E-state index contributed by atoms with van der Waals surface area (Å²) in [4.78, 5) is 0. The lowest BCUT2D eigenvalue weighted by Gasteiger charge is -2.02. The Morgan fingerprint density at radius 2 is 2.05 bits per heavy atom. The molecule has 0 spiro atoms. The Kier molecular flexibility index (Phi) is 4.76. The maximum Gasteiger partial charge on any atom is 0.192 e. The summed E-state index contributed by atoms with van der Waals surface area (Å²) >= 11 is 1.41. The van der Waals surface area contributed by atoms with Gasteiger partial charge in [0.2, 0.25) is 0 Å². The van der Waals surface area contributed by atoms with Crippen molar-refractivity contribution in [3.63, 3.8) is 0 Å². The molecule has 5 heteroatoms. The summed E-state index contributed by atoms with van der Waals surface area (Å²) in [7, 11) is 0. The molecule has 2 aromatic rings. The summed E-state index contributed by atoms with van der Waals surface area (Å²) in [5, 5.41) is 17.7. The van der Waals surface area contributed by atoms with Gasteiger partial charge in [-0.1, -0.05) is 48.2 Å². The predicted octanol–water partition coefficient (Wildman–Crippen LogP) is 3.08. The van der Waals surface area contributed by atoms with Crippen molar-refractivity contribution in [2.45, 2.75) is 18.6 Å². The first-order valence-electron chi connectivity index (χ1n) is 6.01. The molecule has 0 aliphatic rings. The number of thioether (sulfide) groups is 1. The molecule has 0 saturated carbocycles. The van der Waals surface area contributed by atoms with E-state index in [2.05, 4.69) is 16.3 Å². The highest BCUT2D eigenvalue weighted by molar-refractivity contribution is 7.99. The van der Waals surface area contributed by atoms with Crippen LogP contribution in [0.3, 0.4) is 0 Å². The standard InChI is InChI=1S/C14H14N4S/c1-2-18-13(16-17-14(18)19-11-10-15)9-8-12-6-4-3-5-7-12/h3-9H,2,11H2,1H3/b9-8+. The van der Waals surface area contributed by atoms with Crippen LogP contribution >= 0.6 is 11.8 Å². The average molecular weight is 270 g/mol. The highest BCUT2D eigenvalue weighted by Gasteiger charge is 2.08. The number of aromatic nitrogens is 3. The van der Waals surface area contributed by atoms with Gasteiger partial charge in [-0.25, -0.2) is 0 Å². The molecule has 96 valence electrons. The third-order valence-corrected chi connectivity index (χ3v) is 3.39. The summed E-state index contributed by atoms with van der Waals surface area (Å²) in [5.74, 6) is 1.20. The van der Waals surface area contributed by atoms with Crippen LogP contribution in [0.15, 0.2) is 35.5 Å². The van der Waals surface area contributed by atoms with Gasteiger partial charge in [0.05, 0.1) is 11.8 Å². The largest absolute Gasteiger partial charge is 0.303 e. The van der Waals surface area contributed by atoms with Crippen LogP contribution in [0.25, 0.3) is 12.2 Å². The summed E-state index contributed by atoms with van der Waals surface area (Å²) in [6.07, 6.45) is 3.96. The summed E-state index contributed by atoms with van der Waals surface area (Å²) in [6.45, 7) is 2.83. The number of nitriles is 1. The van der Waals surface area contributed by atoms with Gasteiger partial charge in [0, 0.05) is 6.54 Å². The van der Waals surface area contributed by atoms with Crippen molar-refractivity contribution >= 4 is 23.9 Å². The molecule has 19 heavy (non-hydrogen) atoms. The smallest absolute Gasteiger partial charge is 0.192 e. The van der Waals surface area contributed by atoms with E-state index in [0.717, 1.165) is 23.1 Å². The Balaban J connectivity index is 2.19. The second-order valence-corrected chi connectivity index (χ2v) is 4.72. The molecule has 0 bridgehead atoms. The minimum absolute atomic E-state index is 0.389. The highest BCUT2D eigenvalue weighted by atomic mass is 32.2. The van der Waals surface area contributed by atoms with Gasteiger partial charge in [-0.05, 0) is 18.6 Å². The van der Waals surface area contributed by atoms with Crippen molar-refractivity contribution in [1.82, 2.24) is 14.8 Å². The molecule has 0 saturated heterocycles. The molecule has 4 nitrogen and oxygen atoms in total. The first kappa shape index (κ1) is 13.4. The van der Waals surface area contributed by atoms with Crippen LogP contribution in [-0.4, -0.2) is 20.5 Å². The first-order valence-corrected chi connectivity index (χ1v) is 6.99. The molecule has 0 fully saturated rings. The molecule has 0 aliphatic carbocycles. The van der Waals surface area contributed by atoms with Crippen molar-refractivity contribution in [3.05, 3.63) is 41.7 Å². The minimum Gasteiger partial charge on any atom is -0.303 e. The van der Waals surface area contributed by atoms with Crippen LogP contribution < -0.4 is 0 Å². The molecule has 0 radical (unpaired) electrons. The van der Waals surface area contributed by atoms with E-state index in [9.17, 15) is 0 Å². The molecule has 1 aromatic carbocycles. The molecule has 1 aromatic heterocycles. The highest BCUT2D eigenvalue weighted by Crippen LogP contribution is 2.17. The second-order valence-electron chi connectivity index (χ2n) is 3.78. The maximum absolute atomic E-state index is 8.61. The Bertz CT molecular complexity index is 596. The third-order valence-electron chi connectivity index (χ3n) is 2.55. The Morgan fingerprint density at radius 1 is 1.26 bits per heavy atom. The van der Waals surface area contributed by atoms with Crippen molar-refractivity contribution in [1.29, 1.82) is 5.26 Å². The summed E-state index contributed by atoms with van der Waals surface area (Å²) in [5.41, 5.74) is 1.12. The van der Waals surface area contributed by atoms with Crippen molar-refractivity contribution < 1.29 is 0 Å². The zero-order valence-electron chi connectivity index (χ0n) is 10.7. The molecule has 0 atom stereocenters. The molecule has 0 unspecified atom stereocenters. The molecule has 0 amide bonds. The maximum atomic E-state index is 8.61. The normalized spacial score (nSPS) is 10.7. The van der Waals surface area contributed by atoms with E-state index in [0.29, 0.717) is 5.75 Å². The van der Waals surface area contributed by atoms with E-state index in [1.54, 1.807) is 0 Å². The van der Waals surface area contributed by atoms with E-state index in [1.165, 1.54) is 11.8 Å². The Morgan fingerprint density at radius 3 is 2.74 bits per heavy atom. The lowest BCUT2D eigenvalue weighted by Crippen LogP contribution is -1.99. The molecule has 1 heterocycles. The number of hydrogen-bond acceptors (Lipinski definition) is 4. The first-order chi connectivity index (χ1) is 9.35. The minimum atomic E-state index is 0.389. The topological polar surface area (TPSA) is 54.5 Å². The van der Waals surface area contributed by atoms with E-state index >= 15 is 0 Å². The van der Waals surface area contributed by atoms with E-state index in [4.69, 9.17) is 5.26 Å². The van der Waals surface area contributed by atoms with E-state index in [1.807, 2.05) is 54.0 Å². The SMILES string of the molecule is CCn1c(/C=C/c2ccccc2)nnc1SCC#N. The van der Waals surface area contributed by atoms with E-state index in [-0.39, 0.29) is 0 Å².